The monoisotopic (exact) mass is 184 g/mol. The summed E-state index contributed by atoms with van der Waals surface area (Å²) in [6, 6.07) is 0. The molecule has 66 valence electrons. The normalized spacial score (nSPS) is 39.6. The van der Waals surface area contributed by atoms with Gasteiger partial charge in [-0.3, -0.25) is 4.79 Å². The maximum Gasteiger partial charge on any atom is 0.159 e. The van der Waals surface area contributed by atoms with Crippen LogP contribution < -0.4 is 0 Å². The lowest BCUT2D eigenvalue weighted by Crippen LogP contribution is -2.16. The Morgan fingerprint density at radius 2 is 2.08 bits per heavy atom. The van der Waals surface area contributed by atoms with Crippen LogP contribution in [0.25, 0.3) is 0 Å². The molecule has 0 aromatic carbocycles. The quantitative estimate of drug-likeness (QED) is 0.604. The van der Waals surface area contributed by atoms with Crippen molar-refractivity contribution in [3.63, 3.8) is 0 Å². The zero-order chi connectivity index (χ0) is 8.55. The molecule has 2 saturated carbocycles. The van der Waals surface area contributed by atoms with Crippen LogP contribution in [0.1, 0.15) is 25.7 Å². The number of hydrogen-bond acceptors (Lipinski definition) is 1. The Balaban J connectivity index is 1.91. The number of allylic oxidation sites excluding steroid dienone is 1. The van der Waals surface area contributed by atoms with E-state index in [9.17, 15) is 4.79 Å². The summed E-state index contributed by atoms with van der Waals surface area (Å²) in [7, 11) is 0. The molecule has 0 amide bonds. The minimum absolute atomic E-state index is 0.232. The highest BCUT2D eigenvalue weighted by Gasteiger charge is 2.43. The minimum atomic E-state index is 0.232. The molecular formula is C10H13ClO. The Labute approximate surface area is 77.8 Å². The summed E-state index contributed by atoms with van der Waals surface area (Å²) in [4.78, 5) is 11.4. The van der Waals surface area contributed by atoms with E-state index in [1.807, 2.05) is 0 Å². The van der Waals surface area contributed by atoms with Gasteiger partial charge in [-0.1, -0.05) is 11.6 Å². The van der Waals surface area contributed by atoms with Gasteiger partial charge in [0, 0.05) is 11.5 Å². The van der Waals surface area contributed by atoms with E-state index in [0.29, 0.717) is 0 Å². The van der Waals surface area contributed by atoms with Crippen molar-refractivity contribution in [3.8, 4) is 0 Å². The largest absolute Gasteiger partial charge is 0.295 e. The van der Waals surface area contributed by atoms with Gasteiger partial charge >= 0.3 is 0 Å². The van der Waals surface area contributed by atoms with Crippen molar-refractivity contribution in [2.24, 2.45) is 17.8 Å². The van der Waals surface area contributed by atoms with Crippen LogP contribution in [0.4, 0.5) is 0 Å². The number of rotatable bonds is 2. The molecule has 0 aliphatic heterocycles. The molecule has 3 atom stereocenters. The van der Waals surface area contributed by atoms with Crippen molar-refractivity contribution < 1.29 is 4.79 Å². The predicted octanol–water partition coefficient (Wildman–Crippen LogP) is 2.74. The van der Waals surface area contributed by atoms with E-state index in [2.05, 4.69) is 0 Å². The highest BCUT2D eigenvalue weighted by molar-refractivity contribution is 6.26. The molecule has 2 rings (SSSR count). The van der Waals surface area contributed by atoms with Crippen molar-refractivity contribution in [1.29, 1.82) is 0 Å². The third-order valence-corrected chi connectivity index (χ3v) is 3.30. The average Bonchev–Trinajstić information content (AvgIpc) is 2.81. The molecule has 2 fully saturated rings. The molecular weight excluding hydrogens is 172 g/mol. The van der Waals surface area contributed by atoms with Gasteiger partial charge in [-0.05, 0) is 43.6 Å². The Hall–Kier alpha value is -0.300. The summed E-state index contributed by atoms with van der Waals surface area (Å²) in [6.07, 6.45) is 6.34. The minimum Gasteiger partial charge on any atom is -0.295 e. The lowest BCUT2D eigenvalue weighted by Gasteiger charge is -2.17. The van der Waals surface area contributed by atoms with Crippen molar-refractivity contribution in [2.75, 3.05) is 0 Å². The van der Waals surface area contributed by atoms with E-state index >= 15 is 0 Å². The van der Waals surface area contributed by atoms with Crippen LogP contribution in [0.3, 0.4) is 0 Å². The molecule has 0 heterocycles. The number of ketones is 1. The van der Waals surface area contributed by atoms with E-state index in [1.54, 1.807) is 0 Å². The summed E-state index contributed by atoms with van der Waals surface area (Å²) in [5, 5.41) is 0. The lowest BCUT2D eigenvalue weighted by molar-refractivity contribution is -0.119. The van der Waals surface area contributed by atoms with E-state index in [-0.39, 0.29) is 11.7 Å². The highest BCUT2D eigenvalue weighted by Crippen LogP contribution is 2.51. The third-order valence-electron chi connectivity index (χ3n) is 3.17. The van der Waals surface area contributed by atoms with Gasteiger partial charge in [0.25, 0.3) is 0 Å². The zero-order valence-corrected chi connectivity index (χ0v) is 7.76. The number of hydrogen-bond donors (Lipinski definition) is 0. The molecule has 0 aromatic rings. The average molecular weight is 185 g/mol. The van der Waals surface area contributed by atoms with Crippen LogP contribution in [-0.4, -0.2) is 5.78 Å². The molecule has 0 bridgehead atoms. The molecule has 0 saturated heterocycles. The second-order valence-corrected chi connectivity index (χ2v) is 4.21. The van der Waals surface area contributed by atoms with Gasteiger partial charge in [0.15, 0.2) is 5.78 Å². The summed E-state index contributed by atoms with van der Waals surface area (Å²) in [6.45, 7) is 0. The van der Waals surface area contributed by atoms with Gasteiger partial charge in [0.1, 0.15) is 0 Å². The van der Waals surface area contributed by atoms with Gasteiger partial charge in [-0.2, -0.15) is 0 Å². The topological polar surface area (TPSA) is 17.1 Å². The van der Waals surface area contributed by atoms with Crippen molar-refractivity contribution in [2.45, 2.75) is 25.7 Å². The second kappa shape index (κ2) is 3.21. The second-order valence-electron chi connectivity index (χ2n) is 3.96. The number of halogens is 1. The first-order valence-electron chi connectivity index (χ1n) is 4.62. The molecule has 0 aromatic heterocycles. The number of carbonyl (C=O) groups excluding carboxylic acids is 1. The van der Waals surface area contributed by atoms with Crippen LogP contribution in [0.5, 0.6) is 0 Å². The molecule has 1 nitrogen and oxygen atoms in total. The number of carbonyl (C=O) groups is 1. The highest BCUT2D eigenvalue weighted by atomic mass is 35.5. The first-order valence-corrected chi connectivity index (χ1v) is 5.05. The lowest BCUT2D eigenvalue weighted by atomic mass is 9.86. The first-order chi connectivity index (χ1) is 5.81. The molecule has 0 spiro atoms. The summed E-state index contributed by atoms with van der Waals surface area (Å²) in [5.41, 5.74) is 1.33. The molecule has 2 aliphatic carbocycles. The molecule has 0 N–H and O–H groups in total. The maximum atomic E-state index is 11.4. The molecule has 2 aliphatic rings. The van der Waals surface area contributed by atoms with Crippen LogP contribution in [0.2, 0.25) is 0 Å². The first kappa shape index (κ1) is 8.31. The Kier molecular flexibility index (Phi) is 2.22. The van der Waals surface area contributed by atoms with Crippen molar-refractivity contribution in [1.82, 2.24) is 0 Å². The van der Waals surface area contributed by atoms with Gasteiger partial charge in [0.05, 0.1) is 0 Å². The van der Waals surface area contributed by atoms with E-state index in [4.69, 9.17) is 11.6 Å². The fourth-order valence-electron chi connectivity index (χ4n) is 2.31. The van der Waals surface area contributed by atoms with Crippen LogP contribution in [0, 0.1) is 17.8 Å². The third kappa shape index (κ3) is 1.56. The fourth-order valence-corrected chi connectivity index (χ4v) is 2.43. The van der Waals surface area contributed by atoms with Gasteiger partial charge in [-0.25, -0.2) is 0 Å². The molecule has 0 radical (unpaired) electrons. The fraction of sp³-hybridized carbons (Fsp3) is 0.700. The number of fused-ring (bicyclic) bond motifs is 1. The summed E-state index contributed by atoms with van der Waals surface area (Å²) in [5.74, 6) is 2.35. The smallest absolute Gasteiger partial charge is 0.159 e. The van der Waals surface area contributed by atoms with E-state index in [0.717, 1.165) is 24.7 Å². The van der Waals surface area contributed by atoms with Crippen LogP contribution in [0.15, 0.2) is 11.6 Å². The van der Waals surface area contributed by atoms with Crippen LogP contribution >= 0.6 is 11.6 Å². The summed E-state index contributed by atoms with van der Waals surface area (Å²) < 4.78 is 0. The Morgan fingerprint density at radius 3 is 2.75 bits per heavy atom. The maximum absolute atomic E-state index is 11.4. The Bertz CT molecular complexity index is 222. The van der Waals surface area contributed by atoms with E-state index < -0.39 is 0 Å². The van der Waals surface area contributed by atoms with E-state index in [1.165, 1.54) is 24.5 Å². The molecule has 2 heteroatoms. The van der Waals surface area contributed by atoms with Crippen molar-refractivity contribution >= 4 is 17.4 Å². The SMILES string of the molecule is O=C(/C=C/Cl)C1CCC2CC2C1. The zero-order valence-electron chi connectivity index (χ0n) is 7.00. The van der Waals surface area contributed by atoms with Gasteiger partial charge < -0.3 is 0 Å². The van der Waals surface area contributed by atoms with Gasteiger partial charge in [-0.15, -0.1) is 0 Å². The molecule has 12 heavy (non-hydrogen) atoms. The predicted molar refractivity (Wildman–Crippen MR) is 48.9 cm³/mol. The standard InChI is InChI=1S/C10H13ClO/c11-4-3-10(12)8-2-1-7-5-9(7)6-8/h3-4,7-9H,1-2,5-6H2/b4-3+. The summed E-state index contributed by atoms with van der Waals surface area (Å²) >= 11 is 5.36. The Morgan fingerprint density at radius 1 is 1.25 bits per heavy atom. The van der Waals surface area contributed by atoms with Crippen molar-refractivity contribution in [3.05, 3.63) is 11.6 Å². The van der Waals surface area contributed by atoms with Gasteiger partial charge in [0.2, 0.25) is 0 Å². The molecule has 3 unspecified atom stereocenters. The van der Waals surface area contributed by atoms with Crippen LogP contribution in [-0.2, 0) is 4.79 Å².